The maximum Gasteiger partial charge on any atom is 0.255 e. The number of ether oxygens (including phenoxy) is 1. The Morgan fingerprint density at radius 2 is 1.88 bits per heavy atom. The van der Waals surface area contributed by atoms with Crippen LogP contribution in [-0.4, -0.2) is 77.6 Å². The van der Waals surface area contributed by atoms with Gasteiger partial charge in [-0.15, -0.1) is 0 Å². The van der Waals surface area contributed by atoms with Crippen LogP contribution in [-0.2, 0) is 16.0 Å². The van der Waals surface area contributed by atoms with Gasteiger partial charge in [0.25, 0.3) is 5.91 Å². The van der Waals surface area contributed by atoms with E-state index < -0.39 is 5.60 Å². The zero-order valence-electron chi connectivity index (χ0n) is 23.5. The minimum Gasteiger partial charge on any atom is -0.363 e. The number of rotatable bonds is 6. The molecular formula is C29H35N9O2. The van der Waals surface area contributed by atoms with Gasteiger partial charge in [-0.25, -0.2) is 19.6 Å². The third-order valence-corrected chi connectivity index (χ3v) is 7.90. The van der Waals surface area contributed by atoms with E-state index in [9.17, 15) is 4.79 Å². The number of pyridine rings is 1. The highest BCUT2D eigenvalue weighted by Crippen LogP contribution is 2.36. The molecule has 4 aromatic rings. The van der Waals surface area contributed by atoms with Crippen molar-refractivity contribution in [2.75, 3.05) is 31.1 Å². The second-order valence-corrected chi connectivity index (χ2v) is 10.9. The molecular weight excluding hydrogens is 506 g/mol. The van der Waals surface area contributed by atoms with Crippen LogP contribution in [0.1, 0.15) is 59.7 Å². The van der Waals surface area contributed by atoms with Gasteiger partial charge in [0.1, 0.15) is 5.60 Å². The zero-order chi connectivity index (χ0) is 27.9. The van der Waals surface area contributed by atoms with Crippen molar-refractivity contribution in [3.63, 3.8) is 0 Å². The monoisotopic (exact) mass is 541 g/mol. The van der Waals surface area contributed by atoms with Gasteiger partial charge in [0.2, 0.25) is 5.95 Å². The van der Waals surface area contributed by atoms with Crippen molar-refractivity contribution in [3.05, 3.63) is 76.8 Å². The van der Waals surface area contributed by atoms with Crippen molar-refractivity contribution < 1.29 is 9.53 Å². The van der Waals surface area contributed by atoms with Crippen LogP contribution >= 0.6 is 0 Å². The highest BCUT2D eigenvalue weighted by atomic mass is 16.5. The molecule has 1 atom stereocenters. The SMILES string of the molecule is Cc1cnn(-c2ccc(C(C)N3CCOC4(CCN(c5nc(C)cc(Cc6cc(C)[nH]n6)n5)CC4)C3=O)cn2)c1. The number of piperidine rings is 1. The zero-order valence-corrected chi connectivity index (χ0v) is 23.5. The molecule has 1 unspecified atom stereocenters. The molecule has 2 aliphatic rings. The van der Waals surface area contributed by atoms with Crippen molar-refractivity contribution in [2.24, 2.45) is 0 Å². The molecule has 2 aliphatic heterocycles. The Hall–Kier alpha value is -4.12. The second-order valence-electron chi connectivity index (χ2n) is 10.9. The van der Waals surface area contributed by atoms with Crippen molar-refractivity contribution in [1.82, 2.24) is 39.8 Å². The Bertz CT molecular complexity index is 1500. The molecule has 0 saturated carbocycles. The van der Waals surface area contributed by atoms with Crippen LogP contribution in [0.25, 0.3) is 5.82 Å². The Kier molecular flexibility index (Phi) is 6.83. The molecule has 1 spiro atoms. The molecule has 0 bridgehead atoms. The van der Waals surface area contributed by atoms with Gasteiger partial charge in [0.05, 0.1) is 30.2 Å². The molecule has 6 rings (SSSR count). The van der Waals surface area contributed by atoms with E-state index in [0.29, 0.717) is 51.5 Å². The number of carbonyl (C=O) groups excluding carboxylic acids is 1. The van der Waals surface area contributed by atoms with Crippen molar-refractivity contribution in [2.45, 2.75) is 58.6 Å². The lowest BCUT2D eigenvalue weighted by Crippen LogP contribution is -2.61. The first kappa shape index (κ1) is 26.1. The summed E-state index contributed by atoms with van der Waals surface area (Å²) in [5.74, 6) is 1.50. The van der Waals surface area contributed by atoms with Crippen LogP contribution in [0.4, 0.5) is 5.95 Å². The van der Waals surface area contributed by atoms with Crippen LogP contribution in [0, 0.1) is 20.8 Å². The van der Waals surface area contributed by atoms with Gasteiger partial charge in [-0.2, -0.15) is 10.2 Å². The van der Waals surface area contributed by atoms with Crippen molar-refractivity contribution >= 4 is 11.9 Å². The molecule has 208 valence electrons. The minimum absolute atomic E-state index is 0.0532. The van der Waals surface area contributed by atoms with E-state index in [2.05, 4.69) is 32.1 Å². The summed E-state index contributed by atoms with van der Waals surface area (Å²) in [4.78, 5) is 32.1. The number of hydrogen-bond donors (Lipinski definition) is 1. The van der Waals surface area contributed by atoms with Crippen molar-refractivity contribution in [3.8, 4) is 5.82 Å². The molecule has 1 amide bonds. The number of nitrogens with one attached hydrogen (secondary N) is 1. The van der Waals surface area contributed by atoms with Crippen LogP contribution < -0.4 is 4.90 Å². The Labute approximate surface area is 233 Å². The van der Waals surface area contributed by atoms with Crippen molar-refractivity contribution in [1.29, 1.82) is 0 Å². The molecule has 0 radical (unpaired) electrons. The third kappa shape index (κ3) is 5.08. The number of aryl methyl sites for hydroxylation is 3. The smallest absolute Gasteiger partial charge is 0.255 e. The maximum atomic E-state index is 13.9. The predicted octanol–water partition coefficient (Wildman–Crippen LogP) is 3.26. The van der Waals surface area contributed by atoms with Crippen LogP contribution in [0.15, 0.2) is 42.9 Å². The summed E-state index contributed by atoms with van der Waals surface area (Å²) < 4.78 is 7.98. The molecule has 40 heavy (non-hydrogen) atoms. The summed E-state index contributed by atoms with van der Waals surface area (Å²) in [7, 11) is 0. The van der Waals surface area contributed by atoms with Gasteiger partial charge in [-0.3, -0.25) is 9.89 Å². The molecule has 11 nitrogen and oxygen atoms in total. The van der Waals surface area contributed by atoms with Crippen LogP contribution in [0.3, 0.4) is 0 Å². The van der Waals surface area contributed by atoms with E-state index >= 15 is 0 Å². The fourth-order valence-corrected chi connectivity index (χ4v) is 5.66. The van der Waals surface area contributed by atoms with Gasteiger partial charge in [0, 0.05) is 62.7 Å². The average molecular weight is 542 g/mol. The number of aromatic amines is 1. The standard InChI is InChI=1S/C29H35N9O2/c1-19-16-31-38(18-19)26-6-5-23(17-30-26)22(4)37-11-12-40-29(27(37)39)7-9-36(10-8-29)28-32-20(2)13-24(33-28)15-25-14-21(3)34-35-25/h5-6,13-14,16-18,22H,7-12,15H2,1-4H3,(H,34,35). The molecule has 0 aromatic carbocycles. The number of H-pyrrole nitrogens is 1. The fourth-order valence-electron chi connectivity index (χ4n) is 5.66. The lowest BCUT2D eigenvalue weighted by molar-refractivity contribution is -0.178. The van der Waals surface area contributed by atoms with Gasteiger partial charge >= 0.3 is 0 Å². The third-order valence-electron chi connectivity index (χ3n) is 7.90. The Balaban J connectivity index is 1.13. The van der Waals surface area contributed by atoms with Gasteiger partial charge in [0.15, 0.2) is 5.82 Å². The summed E-state index contributed by atoms with van der Waals surface area (Å²) >= 11 is 0. The Morgan fingerprint density at radius 3 is 2.55 bits per heavy atom. The molecule has 2 saturated heterocycles. The summed E-state index contributed by atoms with van der Waals surface area (Å²) in [5.41, 5.74) is 5.08. The summed E-state index contributed by atoms with van der Waals surface area (Å²) in [6.45, 7) is 10.4. The second kappa shape index (κ2) is 10.5. The Morgan fingerprint density at radius 1 is 1.05 bits per heavy atom. The number of morpholine rings is 1. The first-order chi connectivity index (χ1) is 19.3. The normalized spacial score (nSPS) is 17.9. The van der Waals surface area contributed by atoms with Crippen LogP contribution in [0.5, 0.6) is 0 Å². The van der Waals surface area contributed by atoms with Gasteiger partial charge < -0.3 is 14.5 Å². The topological polar surface area (TPSA) is 118 Å². The molecule has 11 heteroatoms. The van der Waals surface area contributed by atoms with E-state index in [4.69, 9.17) is 14.7 Å². The largest absolute Gasteiger partial charge is 0.363 e. The van der Waals surface area contributed by atoms with Gasteiger partial charge in [-0.05, 0) is 57.0 Å². The molecule has 6 heterocycles. The quantitative estimate of drug-likeness (QED) is 0.395. The fraction of sp³-hybridized carbons (Fsp3) is 0.448. The highest BCUT2D eigenvalue weighted by molar-refractivity contribution is 5.86. The maximum absolute atomic E-state index is 13.9. The van der Waals surface area contributed by atoms with E-state index in [-0.39, 0.29) is 11.9 Å². The molecule has 2 fully saturated rings. The summed E-state index contributed by atoms with van der Waals surface area (Å²) in [6.07, 6.45) is 7.42. The number of anilines is 1. The summed E-state index contributed by atoms with van der Waals surface area (Å²) in [6, 6.07) is 7.90. The van der Waals surface area contributed by atoms with E-state index in [1.807, 2.05) is 62.3 Å². The van der Waals surface area contributed by atoms with Gasteiger partial charge in [-0.1, -0.05) is 6.07 Å². The first-order valence-electron chi connectivity index (χ1n) is 13.8. The summed E-state index contributed by atoms with van der Waals surface area (Å²) in [5, 5.41) is 11.7. The number of amides is 1. The number of nitrogens with zero attached hydrogens (tertiary/aromatic N) is 8. The highest BCUT2D eigenvalue weighted by Gasteiger charge is 2.48. The lowest BCUT2D eigenvalue weighted by Gasteiger charge is -2.47. The first-order valence-corrected chi connectivity index (χ1v) is 13.8. The molecule has 4 aromatic heterocycles. The number of carbonyl (C=O) groups is 1. The van der Waals surface area contributed by atoms with E-state index in [1.165, 1.54) is 0 Å². The van der Waals surface area contributed by atoms with E-state index in [0.717, 1.165) is 39.7 Å². The average Bonchev–Trinajstić information content (AvgIpc) is 3.57. The molecule has 0 aliphatic carbocycles. The number of hydrogen-bond acceptors (Lipinski definition) is 8. The minimum atomic E-state index is -0.817. The predicted molar refractivity (Wildman–Crippen MR) is 149 cm³/mol. The van der Waals surface area contributed by atoms with E-state index in [1.54, 1.807) is 10.9 Å². The number of aromatic nitrogens is 7. The van der Waals surface area contributed by atoms with Crippen LogP contribution in [0.2, 0.25) is 0 Å². The lowest BCUT2D eigenvalue weighted by atomic mass is 9.87. The molecule has 1 N–H and O–H groups in total.